The molecule has 0 aliphatic rings. The van der Waals surface area contributed by atoms with Crippen molar-refractivity contribution in [2.24, 2.45) is 5.10 Å². The minimum Gasteiger partial charge on any atom is -0.483 e. The molecular weight excluding hydrogens is 378 g/mol. The molecule has 0 heterocycles. The predicted octanol–water partition coefficient (Wildman–Crippen LogP) is 3.19. The molecule has 0 saturated carbocycles. The van der Waals surface area contributed by atoms with Gasteiger partial charge in [0.05, 0.1) is 16.7 Å². The Hall–Kier alpha value is -2.74. The van der Waals surface area contributed by atoms with E-state index in [-0.39, 0.29) is 12.3 Å². The first kappa shape index (κ1) is 17.6. The number of nitrogens with zero attached hydrogens (tertiary/aromatic N) is 2. The second kappa shape index (κ2) is 8.21. The van der Waals surface area contributed by atoms with Crippen molar-refractivity contribution in [3.8, 4) is 5.75 Å². The molecule has 0 atom stereocenters. The lowest BCUT2D eigenvalue weighted by Gasteiger charge is -2.08. The van der Waals surface area contributed by atoms with E-state index in [0.29, 0.717) is 11.3 Å². The first-order valence-electron chi connectivity index (χ1n) is 6.91. The Morgan fingerprint density at radius 3 is 2.83 bits per heavy atom. The van der Waals surface area contributed by atoms with Gasteiger partial charge in [-0.25, -0.2) is 5.43 Å². The largest absolute Gasteiger partial charge is 0.483 e. The Labute approximate surface area is 146 Å². The van der Waals surface area contributed by atoms with E-state index in [9.17, 15) is 14.9 Å². The first-order chi connectivity index (χ1) is 11.5. The number of nitro benzene ring substituents is 1. The zero-order valence-electron chi connectivity index (χ0n) is 12.7. The Balaban J connectivity index is 1.90. The molecule has 0 fully saturated rings. The van der Waals surface area contributed by atoms with Crippen molar-refractivity contribution < 1.29 is 14.5 Å². The quantitative estimate of drug-likeness (QED) is 0.464. The lowest BCUT2D eigenvalue weighted by Crippen LogP contribution is -2.24. The number of ether oxygens (including phenoxy) is 1. The summed E-state index contributed by atoms with van der Waals surface area (Å²) in [4.78, 5) is 22.1. The van der Waals surface area contributed by atoms with Gasteiger partial charge in [0.15, 0.2) is 6.61 Å². The van der Waals surface area contributed by atoms with Crippen molar-refractivity contribution in [3.05, 3.63) is 68.2 Å². The Morgan fingerprint density at radius 1 is 1.38 bits per heavy atom. The van der Waals surface area contributed by atoms with Crippen molar-refractivity contribution in [3.63, 3.8) is 0 Å². The van der Waals surface area contributed by atoms with Crippen LogP contribution in [0.5, 0.6) is 5.75 Å². The van der Waals surface area contributed by atoms with Gasteiger partial charge < -0.3 is 4.74 Å². The van der Waals surface area contributed by atoms with Crippen LogP contribution in [0, 0.1) is 17.0 Å². The Kier molecular flexibility index (Phi) is 6.02. The standard InChI is InChI=1S/C16H14BrN3O4/c1-11-8-13(17)6-7-15(11)24-10-16(21)19-18-9-12-4-2-3-5-14(12)20(22)23/h2-9H,10H2,1H3,(H,19,21)/b18-9+. The van der Waals surface area contributed by atoms with E-state index in [0.717, 1.165) is 10.0 Å². The highest BCUT2D eigenvalue weighted by Gasteiger charge is 2.10. The molecule has 1 N–H and O–H groups in total. The highest BCUT2D eigenvalue weighted by molar-refractivity contribution is 9.10. The summed E-state index contributed by atoms with van der Waals surface area (Å²) in [5, 5.41) is 14.6. The fourth-order valence-electron chi connectivity index (χ4n) is 1.89. The number of nitro groups is 1. The van der Waals surface area contributed by atoms with Crippen LogP contribution in [0.25, 0.3) is 0 Å². The molecule has 0 aliphatic carbocycles. The van der Waals surface area contributed by atoms with E-state index in [1.54, 1.807) is 18.2 Å². The molecule has 24 heavy (non-hydrogen) atoms. The van der Waals surface area contributed by atoms with Crippen LogP contribution in [0.3, 0.4) is 0 Å². The molecule has 2 aromatic rings. The van der Waals surface area contributed by atoms with Gasteiger partial charge in [-0.05, 0) is 36.8 Å². The first-order valence-corrected chi connectivity index (χ1v) is 7.71. The van der Waals surface area contributed by atoms with Gasteiger partial charge in [0.2, 0.25) is 0 Å². The van der Waals surface area contributed by atoms with Crippen LogP contribution >= 0.6 is 15.9 Å². The molecule has 7 nitrogen and oxygen atoms in total. The second-order valence-electron chi connectivity index (χ2n) is 4.81. The Bertz CT molecular complexity index is 793. The summed E-state index contributed by atoms with van der Waals surface area (Å²) in [7, 11) is 0. The van der Waals surface area contributed by atoms with Crippen LogP contribution < -0.4 is 10.2 Å². The van der Waals surface area contributed by atoms with Crippen molar-refractivity contribution >= 4 is 33.7 Å². The fraction of sp³-hybridized carbons (Fsp3) is 0.125. The number of carbonyl (C=O) groups excluding carboxylic acids is 1. The summed E-state index contributed by atoms with van der Waals surface area (Å²) in [5.74, 6) is 0.128. The highest BCUT2D eigenvalue weighted by atomic mass is 79.9. The van der Waals surface area contributed by atoms with Gasteiger partial charge in [0, 0.05) is 10.5 Å². The summed E-state index contributed by atoms with van der Waals surface area (Å²) >= 11 is 3.35. The minimum absolute atomic E-state index is 0.0859. The number of aryl methyl sites for hydroxylation is 1. The topological polar surface area (TPSA) is 93.8 Å². The molecule has 2 aromatic carbocycles. The molecule has 0 spiro atoms. The molecule has 0 aliphatic heterocycles. The summed E-state index contributed by atoms with van der Waals surface area (Å²) < 4.78 is 6.33. The fourth-order valence-corrected chi connectivity index (χ4v) is 2.36. The van der Waals surface area contributed by atoms with Gasteiger partial charge in [0.25, 0.3) is 11.6 Å². The lowest BCUT2D eigenvalue weighted by atomic mass is 10.2. The average Bonchev–Trinajstić information content (AvgIpc) is 2.54. The van der Waals surface area contributed by atoms with E-state index >= 15 is 0 Å². The summed E-state index contributed by atoms with van der Waals surface area (Å²) in [6, 6.07) is 11.5. The van der Waals surface area contributed by atoms with Crippen molar-refractivity contribution in [2.75, 3.05) is 6.61 Å². The molecule has 8 heteroatoms. The monoisotopic (exact) mass is 391 g/mol. The van der Waals surface area contributed by atoms with Gasteiger partial charge in [0.1, 0.15) is 5.75 Å². The number of hydrogen-bond acceptors (Lipinski definition) is 5. The minimum atomic E-state index is -0.511. The van der Waals surface area contributed by atoms with Gasteiger partial charge in [-0.15, -0.1) is 0 Å². The maximum atomic E-state index is 11.7. The lowest BCUT2D eigenvalue weighted by molar-refractivity contribution is -0.385. The normalized spacial score (nSPS) is 10.6. The third-order valence-electron chi connectivity index (χ3n) is 3.02. The number of carbonyl (C=O) groups is 1. The molecule has 0 saturated heterocycles. The van der Waals surface area contributed by atoms with Crippen molar-refractivity contribution in [2.45, 2.75) is 6.92 Å². The van der Waals surface area contributed by atoms with Crippen molar-refractivity contribution in [1.82, 2.24) is 5.43 Å². The number of hydrazone groups is 1. The summed E-state index contributed by atoms with van der Waals surface area (Å²) in [6.45, 7) is 1.65. The summed E-state index contributed by atoms with van der Waals surface area (Å²) in [5.41, 5.74) is 3.37. The molecule has 1 amide bonds. The van der Waals surface area contributed by atoms with E-state index in [4.69, 9.17) is 4.74 Å². The van der Waals surface area contributed by atoms with Crippen LogP contribution in [0.2, 0.25) is 0 Å². The average molecular weight is 392 g/mol. The highest BCUT2D eigenvalue weighted by Crippen LogP contribution is 2.22. The zero-order chi connectivity index (χ0) is 17.5. The van der Waals surface area contributed by atoms with E-state index in [1.165, 1.54) is 18.3 Å². The van der Waals surface area contributed by atoms with Gasteiger partial charge in [-0.3, -0.25) is 14.9 Å². The van der Waals surface area contributed by atoms with Crippen molar-refractivity contribution in [1.29, 1.82) is 0 Å². The van der Waals surface area contributed by atoms with Crippen LogP contribution in [-0.4, -0.2) is 23.7 Å². The van der Waals surface area contributed by atoms with Crippen LogP contribution in [0.4, 0.5) is 5.69 Å². The van der Waals surface area contributed by atoms with Crippen LogP contribution in [0.1, 0.15) is 11.1 Å². The molecule has 0 unspecified atom stereocenters. The molecule has 0 radical (unpaired) electrons. The number of amides is 1. The van der Waals surface area contributed by atoms with E-state index in [2.05, 4.69) is 26.5 Å². The molecule has 124 valence electrons. The molecule has 0 aromatic heterocycles. The molecule has 2 rings (SSSR count). The van der Waals surface area contributed by atoms with Crippen LogP contribution in [0.15, 0.2) is 52.0 Å². The SMILES string of the molecule is Cc1cc(Br)ccc1OCC(=O)N/N=C/c1ccccc1[N+](=O)[O-]. The Morgan fingerprint density at radius 2 is 2.12 bits per heavy atom. The summed E-state index contributed by atoms with van der Waals surface area (Å²) in [6.07, 6.45) is 1.22. The number of nitrogens with one attached hydrogen (secondary N) is 1. The van der Waals surface area contributed by atoms with E-state index < -0.39 is 10.8 Å². The predicted molar refractivity (Wildman–Crippen MR) is 93.2 cm³/mol. The molecule has 0 bridgehead atoms. The second-order valence-corrected chi connectivity index (χ2v) is 5.72. The van der Waals surface area contributed by atoms with Gasteiger partial charge in [-0.1, -0.05) is 28.1 Å². The third kappa shape index (κ3) is 4.88. The number of halogens is 1. The van der Waals surface area contributed by atoms with Gasteiger partial charge >= 0.3 is 0 Å². The zero-order valence-corrected chi connectivity index (χ0v) is 14.3. The number of rotatable bonds is 6. The molecular formula is C16H14BrN3O4. The van der Waals surface area contributed by atoms with E-state index in [1.807, 2.05) is 19.1 Å². The van der Waals surface area contributed by atoms with Crippen LogP contribution in [-0.2, 0) is 4.79 Å². The smallest absolute Gasteiger partial charge is 0.278 e. The maximum Gasteiger partial charge on any atom is 0.278 e. The maximum absolute atomic E-state index is 11.7. The number of benzene rings is 2. The van der Waals surface area contributed by atoms with Gasteiger partial charge in [-0.2, -0.15) is 5.10 Å². The number of para-hydroxylation sites is 1. The number of hydrogen-bond donors (Lipinski definition) is 1. The third-order valence-corrected chi connectivity index (χ3v) is 3.52.